The highest BCUT2D eigenvalue weighted by molar-refractivity contribution is 6.39. The highest BCUT2D eigenvalue weighted by Gasteiger charge is 2.37. The monoisotopic (exact) mass is 595 g/mol. The molecule has 9 heteroatoms. The first-order valence-electron chi connectivity index (χ1n) is 14.8. The Morgan fingerprint density at radius 1 is 0.818 bits per heavy atom. The van der Waals surface area contributed by atoms with E-state index >= 15 is 0 Å². The molecule has 0 saturated carbocycles. The summed E-state index contributed by atoms with van der Waals surface area (Å²) in [6, 6.07) is 2.64. The highest BCUT2D eigenvalue weighted by atomic mass is 16.5. The lowest BCUT2D eigenvalue weighted by atomic mass is 9.79. The summed E-state index contributed by atoms with van der Waals surface area (Å²) in [4.78, 5) is 41.1. The van der Waals surface area contributed by atoms with Gasteiger partial charge in [0.25, 0.3) is 0 Å². The summed E-state index contributed by atoms with van der Waals surface area (Å²) in [5, 5.41) is 30.1. The van der Waals surface area contributed by atoms with Gasteiger partial charge in [0.2, 0.25) is 0 Å². The second kappa shape index (κ2) is 9.95. The number of aromatic hydroxyl groups is 2. The molecule has 5 aromatic rings. The Morgan fingerprint density at radius 2 is 1.39 bits per heavy atom. The van der Waals surface area contributed by atoms with Gasteiger partial charge in [-0.2, -0.15) is 0 Å². The zero-order valence-corrected chi connectivity index (χ0v) is 25.3. The minimum Gasteiger partial charge on any atom is -0.507 e. The molecule has 3 N–H and O–H groups in total. The van der Waals surface area contributed by atoms with Crippen LogP contribution in [0.1, 0.15) is 49.3 Å². The van der Waals surface area contributed by atoms with Gasteiger partial charge >= 0.3 is 0 Å². The van der Waals surface area contributed by atoms with Gasteiger partial charge in [-0.1, -0.05) is 11.6 Å². The van der Waals surface area contributed by atoms with Crippen molar-refractivity contribution >= 4 is 54.9 Å². The van der Waals surface area contributed by atoms with E-state index in [1.807, 2.05) is 13.0 Å². The van der Waals surface area contributed by atoms with Gasteiger partial charge in [0.1, 0.15) is 23.0 Å². The Balaban J connectivity index is 1.89. The average molecular weight is 596 g/mol. The number of piperidine rings is 1. The van der Waals surface area contributed by atoms with Crippen LogP contribution in [-0.2, 0) is 11.2 Å². The number of Topliss-reactive ketones (excluding diaryl/α,β-unsaturated/α-hetero) is 1. The zero-order valence-electron chi connectivity index (χ0n) is 25.3. The molecule has 226 valence electrons. The molecule has 1 fully saturated rings. The van der Waals surface area contributed by atoms with Crippen molar-refractivity contribution in [2.24, 2.45) is 5.92 Å². The van der Waals surface area contributed by atoms with Gasteiger partial charge in [-0.15, -0.1) is 0 Å². The quantitative estimate of drug-likeness (QED) is 0.184. The molecule has 0 bridgehead atoms. The Labute approximate surface area is 252 Å². The van der Waals surface area contributed by atoms with Gasteiger partial charge in [-0.05, 0) is 68.5 Å². The van der Waals surface area contributed by atoms with Crippen molar-refractivity contribution in [3.63, 3.8) is 0 Å². The molecule has 5 aromatic carbocycles. The van der Waals surface area contributed by atoms with Crippen molar-refractivity contribution in [1.82, 2.24) is 5.32 Å². The van der Waals surface area contributed by atoms with E-state index in [0.29, 0.717) is 61.0 Å². The number of ketones is 1. The number of benzene rings is 5. The summed E-state index contributed by atoms with van der Waals surface area (Å²) in [5.74, 6) is -0.748. The highest BCUT2D eigenvalue weighted by Crippen LogP contribution is 2.57. The lowest BCUT2D eigenvalue weighted by Gasteiger charge is -2.27. The van der Waals surface area contributed by atoms with Crippen molar-refractivity contribution in [1.29, 1.82) is 0 Å². The number of carbonyl (C=O) groups excluding carboxylic acids is 1. The minimum atomic E-state index is -0.834. The fraction of sp³-hybridized carbons (Fsp3) is 0.343. The van der Waals surface area contributed by atoms with E-state index in [2.05, 4.69) is 5.32 Å². The molecule has 1 aliphatic carbocycles. The number of carbonyl (C=O) groups is 1. The first-order valence-corrected chi connectivity index (χ1v) is 14.8. The number of allylic oxidation sites excluding steroid dienone is 1. The summed E-state index contributed by atoms with van der Waals surface area (Å²) >= 11 is 0. The Bertz CT molecular complexity index is 2200. The van der Waals surface area contributed by atoms with Crippen molar-refractivity contribution in [2.75, 3.05) is 34.4 Å². The van der Waals surface area contributed by atoms with E-state index in [1.54, 1.807) is 0 Å². The van der Waals surface area contributed by atoms with Crippen LogP contribution in [0.4, 0.5) is 0 Å². The van der Waals surface area contributed by atoms with E-state index in [4.69, 9.17) is 14.2 Å². The number of hydrogen-bond donors (Lipinski definition) is 3. The van der Waals surface area contributed by atoms with Gasteiger partial charge < -0.3 is 29.7 Å². The molecule has 1 unspecified atom stereocenters. The number of phenolic OH excluding ortho intramolecular Hbond substituents is 2. The van der Waals surface area contributed by atoms with Crippen molar-refractivity contribution < 1.29 is 29.2 Å². The molecule has 9 nitrogen and oxygen atoms in total. The molecule has 7 rings (SSSR count). The van der Waals surface area contributed by atoms with Crippen LogP contribution in [0.2, 0.25) is 0 Å². The number of phenols is 2. The molecule has 1 atom stereocenters. The topological polar surface area (TPSA) is 131 Å². The maximum atomic E-state index is 13.9. The molecule has 1 heterocycles. The largest absolute Gasteiger partial charge is 0.507 e. The van der Waals surface area contributed by atoms with Crippen LogP contribution in [0, 0.1) is 5.92 Å². The fourth-order valence-electron chi connectivity index (χ4n) is 7.92. The minimum absolute atomic E-state index is 0.0178. The predicted octanol–water partition coefficient (Wildman–Crippen LogP) is 4.96. The van der Waals surface area contributed by atoms with E-state index in [1.165, 1.54) is 40.4 Å². The maximum Gasteiger partial charge on any atom is 0.194 e. The Hall–Kier alpha value is -4.63. The number of fused-ring (bicyclic) bond motifs is 1. The Morgan fingerprint density at radius 3 is 1.93 bits per heavy atom. The second-order valence-electron chi connectivity index (χ2n) is 12.0. The van der Waals surface area contributed by atoms with Crippen molar-refractivity contribution in [3.05, 3.63) is 54.8 Å². The molecular formula is C35H33NO8. The number of hydrogen-bond acceptors (Lipinski definition) is 9. The first kappa shape index (κ1) is 28.2. The van der Waals surface area contributed by atoms with Gasteiger partial charge in [-0.3, -0.25) is 14.4 Å². The summed E-state index contributed by atoms with van der Waals surface area (Å²) in [5.41, 5.74) is 1.50. The molecule has 0 spiro atoms. The third-order valence-electron chi connectivity index (χ3n) is 9.71. The number of ether oxygens (including phenoxy) is 3. The normalized spacial score (nSPS) is 17.1. The van der Waals surface area contributed by atoms with Crippen LogP contribution < -0.4 is 30.4 Å². The van der Waals surface area contributed by atoms with Gasteiger partial charge in [0, 0.05) is 44.8 Å². The van der Waals surface area contributed by atoms with Crippen molar-refractivity contribution in [2.45, 2.75) is 39.0 Å². The third-order valence-corrected chi connectivity index (χ3v) is 9.71. The van der Waals surface area contributed by atoms with Crippen molar-refractivity contribution in [3.8, 4) is 28.7 Å². The van der Waals surface area contributed by atoms with Crippen LogP contribution in [0.3, 0.4) is 0 Å². The lowest BCUT2D eigenvalue weighted by Crippen LogP contribution is -2.28. The fourth-order valence-corrected chi connectivity index (χ4v) is 7.92. The lowest BCUT2D eigenvalue weighted by molar-refractivity contribution is -0.117. The summed E-state index contributed by atoms with van der Waals surface area (Å²) < 4.78 is 17.3. The first-order chi connectivity index (χ1) is 21.1. The van der Waals surface area contributed by atoms with Gasteiger partial charge in [0.15, 0.2) is 22.4 Å². The predicted molar refractivity (Wildman–Crippen MR) is 171 cm³/mol. The molecule has 2 aliphatic rings. The number of methoxy groups -OCH3 is 3. The van der Waals surface area contributed by atoms with Gasteiger partial charge in [0.05, 0.1) is 38.0 Å². The molecule has 0 amide bonds. The maximum absolute atomic E-state index is 13.9. The smallest absolute Gasteiger partial charge is 0.194 e. The van der Waals surface area contributed by atoms with E-state index in [0.717, 1.165) is 25.9 Å². The van der Waals surface area contributed by atoms with Crippen LogP contribution in [0.5, 0.6) is 28.7 Å². The molecule has 0 radical (unpaired) electrons. The molecule has 1 saturated heterocycles. The third kappa shape index (κ3) is 3.59. The second-order valence-corrected chi connectivity index (χ2v) is 12.0. The van der Waals surface area contributed by atoms with Gasteiger partial charge in [-0.25, -0.2) is 0 Å². The van der Waals surface area contributed by atoms with Crippen LogP contribution >= 0.6 is 0 Å². The standard InChI is InChI=1S/C35H33NO8/c1-14-10-17-18(11-16-6-8-36-9-7-16)33(40)25-19(38)12-21(42-3)27-28-22(43-4)13-20(39)26-31(28)30(24(17)29(25)27)32(23(14)15(2)37)35(44-5)34(26)41/h10,12-13,16,23,36,40-41H,6-9,11H2,1-5H3. The molecule has 1 aliphatic heterocycles. The molecular weight excluding hydrogens is 562 g/mol. The van der Waals surface area contributed by atoms with E-state index < -0.39 is 16.8 Å². The summed E-state index contributed by atoms with van der Waals surface area (Å²) in [6.45, 7) is 5.04. The number of rotatable bonds is 6. The van der Waals surface area contributed by atoms with Crippen LogP contribution in [0.15, 0.2) is 27.3 Å². The van der Waals surface area contributed by atoms with E-state index in [9.17, 15) is 24.6 Å². The van der Waals surface area contributed by atoms with E-state index in [-0.39, 0.29) is 51.2 Å². The summed E-state index contributed by atoms with van der Waals surface area (Å²) in [6.07, 6.45) is 4.25. The van der Waals surface area contributed by atoms with Crippen LogP contribution in [0.25, 0.3) is 49.2 Å². The SMILES string of the molecule is COc1c(O)c2c(=O)cc(OC)c3c4c(OC)cc(=O)c5c(O)c(CC6CCNCC6)c6c(c(c1C(C(C)=O)C(C)=C6)c23)c54. The zero-order chi connectivity index (χ0) is 31.2. The number of nitrogens with one attached hydrogen (secondary N) is 1. The molecule has 44 heavy (non-hydrogen) atoms. The Kier molecular flexibility index (Phi) is 6.37. The summed E-state index contributed by atoms with van der Waals surface area (Å²) in [7, 11) is 4.29. The van der Waals surface area contributed by atoms with Crippen LogP contribution in [-0.4, -0.2) is 50.4 Å². The molecule has 0 aromatic heterocycles. The average Bonchev–Trinajstić information content (AvgIpc) is 3.13.